The molecule has 1 fully saturated rings. The highest BCUT2D eigenvalue weighted by Gasteiger charge is 2.40. The molecule has 112 valence electrons. The largest absolute Gasteiger partial charge is 0.412 e. The molecule has 1 aromatic heterocycles. The first kappa shape index (κ1) is 16.0. The van der Waals surface area contributed by atoms with Crippen LogP contribution in [0.25, 0.3) is 0 Å². The van der Waals surface area contributed by atoms with Crippen molar-refractivity contribution in [1.82, 2.24) is 4.98 Å². The molecule has 2 heterocycles. The fourth-order valence-corrected chi connectivity index (χ4v) is 3.97. The molecule has 0 aromatic carbocycles. The lowest BCUT2D eigenvalue weighted by Crippen LogP contribution is -2.44. The summed E-state index contributed by atoms with van der Waals surface area (Å²) in [6.07, 6.45) is 3.33. The van der Waals surface area contributed by atoms with Gasteiger partial charge in [-0.15, -0.1) is 0 Å². The van der Waals surface area contributed by atoms with E-state index in [4.69, 9.17) is 4.43 Å². The fraction of sp³-hybridized carbons (Fsp3) is 0.667. The van der Waals surface area contributed by atoms with E-state index in [2.05, 4.69) is 71.8 Å². The molecule has 20 heavy (non-hydrogen) atoms. The summed E-state index contributed by atoms with van der Waals surface area (Å²) in [5.74, 6) is 0. The molecule has 0 bridgehead atoms. The van der Waals surface area contributed by atoms with E-state index in [1.165, 1.54) is 5.69 Å². The Bertz CT molecular complexity index is 473. The van der Waals surface area contributed by atoms with Gasteiger partial charge in [0.25, 0.3) is 0 Å². The van der Waals surface area contributed by atoms with E-state index in [-0.39, 0.29) is 5.04 Å². The quantitative estimate of drug-likeness (QED) is 0.591. The minimum Gasteiger partial charge on any atom is -0.412 e. The maximum absolute atomic E-state index is 6.52. The predicted octanol–water partition coefficient (Wildman–Crippen LogP) is 4.44. The molecule has 1 aromatic rings. The van der Waals surface area contributed by atoms with Gasteiger partial charge < -0.3 is 9.33 Å². The maximum Gasteiger partial charge on any atom is 0.192 e. The van der Waals surface area contributed by atoms with Crippen LogP contribution in [0.4, 0.5) is 5.69 Å². The zero-order valence-electron chi connectivity index (χ0n) is 13.1. The molecular formula is C15H25BrN2OSi. The van der Waals surface area contributed by atoms with Crippen molar-refractivity contribution in [3.05, 3.63) is 22.9 Å². The van der Waals surface area contributed by atoms with Gasteiger partial charge in [0, 0.05) is 25.0 Å². The molecule has 5 heteroatoms. The van der Waals surface area contributed by atoms with Crippen molar-refractivity contribution < 1.29 is 4.43 Å². The van der Waals surface area contributed by atoms with Crippen molar-refractivity contribution in [2.45, 2.75) is 51.4 Å². The third kappa shape index (κ3) is 3.62. The average Bonchev–Trinajstić information content (AvgIpc) is 2.75. The van der Waals surface area contributed by atoms with Gasteiger partial charge in [-0.1, -0.05) is 20.8 Å². The summed E-state index contributed by atoms with van der Waals surface area (Å²) in [6, 6.07) is 4.15. The lowest BCUT2D eigenvalue weighted by molar-refractivity contribution is 0.202. The van der Waals surface area contributed by atoms with Crippen molar-refractivity contribution >= 4 is 29.9 Å². The number of rotatable bonds is 3. The van der Waals surface area contributed by atoms with E-state index in [0.29, 0.717) is 6.10 Å². The highest BCUT2D eigenvalue weighted by molar-refractivity contribution is 9.10. The Balaban J connectivity index is 2.00. The Morgan fingerprint density at radius 3 is 2.70 bits per heavy atom. The van der Waals surface area contributed by atoms with Crippen LogP contribution < -0.4 is 4.90 Å². The Kier molecular flexibility index (Phi) is 4.62. The predicted molar refractivity (Wildman–Crippen MR) is 90.8 cm³/mol. The van der Waals surface area contributed by atoms with Gasteiger partial charge in [-0.2, -0.15) is 0 Å². The summed E-state index contributed by atoms with van der Waals surface area (Å²) in [6.45, 7) is 13.6. The topological polar surface area (TPSA) is 25.4 Å². The third-order valence-corrected chi connectivity index (χ3v) is 9.46. The van der Waals surface area contributed by atoms with Crippen molar-refractivity contribution in [3.63, 3.8) is 0 Å². The van der Waals surface area contributed by atoms with Crippen LogP contribution in [0.15, 0.2) is 22.9 Å². The van der Waals surface area contributed by atoms with Crippen LogP contribution in [0.2, 0.25) is 18.1 Å². The molecular weight excluding hydrogens is 332 g/mol. The average molecular weight is 357 g/mol. The molecule has 0 amide bonds. The van der Waals surface area contributed by atoms with E-state index in [0.717, 1.165) is 24.1 Å². The van der Waals surface area contributed by atoms with Crippen LogP contribution in [0, 0.1) is 0 Å². The van der Waals surface area contributed by atoms with Gasteiger partial charge in [0.15, 0.2) is 8.32 Å². The molecule has 1 aliphatic heterocycles. The van der Waals surface area contributed by atoms with Crippen molar-refractivity contribution in [3.8, 4) is 0 Å². The van der Waals surface area contributed by atoms with E-state index in [9.17, 15) is 0 Å². The first-order valence-electron chi connectivity index (χ1n) is 7.23. The van der Waals surface area contributed by atoms with E-state index >= 15 is 0 Å². The zero-order chi connectivity index (χ0) is 15.0. The van der Waals surface area contributed by atoms with Crippen LogP contribution in [-0.4, -0.2) is 32.5 Å². The summed E-state index contributed by atoms with van der Waals surface area (Å²) in [5, 5.41) is 0.278. The smallest absolute Gasteiger partial charge is 0.192 e. The number of hydrogen-bond acceptors (Lipinski definition) is 3. The zero-order valence-corrected chi connectivity index (χ0v) is 15.7. The van der Waals surface area contributed by atoms with Gasteiger partial charge in [0.05, 0.1) is 6.10 Å². The maximum atomic E-state index is 6.52. The SMILES string of the molecule is CC(C)(C)[Si](C)(C)OC1CCN(c2ccnc(Br)c2)C1. The standard InChI is InChI=1S/C15H25BrN2OSi/c1-15(2,3)20(4,5)19-13-7-9-18(11-13)12-6-8-17-14(16)10-12/h6,8,10,13H,7,9,11H2,1-5H3. The molecule has 1 aliphatic rings. The molecule has 3 nitrogen and oxygen atoms in total. The van der Waals surface area contributed by atoms with E-state index in [1.807, 2.05) is 6.20 Å². The number of pyridine rings is 1. The second-order valence-electron chi connectivity index (χ2n) is 7.07. The van der Waals surface area contributed by atoms with Crippen molar-refractivity contribution in [2.75, 3.05) is 18.0 Å². The van der Waals surface area contributed by atoms with Crippen molar-refractivity contribution in [2.24, 2.45) is 0 Å². The Hall–Kier alpha value is -0.393. The van der Waals surface area contributed by atoms with E-state index < -0.39 is 8.32 Å². The lowest BCUT2D eigenvalue weighted by atomic mass is 10.2. The third-order valence-electron chi connectivity index (χ3n) is 4.49. The van der Waals surface area contributed by atoms with Crippen LogP contribution in [-0.2, 0) is 4.43 Å². The molecule has 1 atom stereocenters. The highest BCUT2D eigenvalue weighted by atomic mass is 79.9. The summed E-state index contributed by atoms with van der Waals surface area (Å²) in [7, 11) is -1.66. The van der Waals surface area contributed by atoms with Gasteiger partial charge >= 0.3 is 0 Å². The molecule has 0 spiro atoms. The first-order valence-corrected chi connectivity index (χ1v) is 10.9. The Morgan fingerprint density at radius 2 is 2.10 bits per heavy atom. The first-order chi connectivity index (χ1) is 9.19. The second kappa shape index (κ2) is 5.77. The fourth-order valence-electron chi connectivity index (χ4n) is 2.24. The summed E-state index contributed by atoms with van der Waals surface area (Å²) >= 11 is 3.44. The molecule has 0 saturated carbocycles. The van der Waals surface area contributed by atoms with Crippen LogP contribution in [0.5, 0.6) is 0 Å². The van der Waals surface area contributed by atoms with Crippen LogP contribution in [0.1, 0.15) is 27.2 Å². The van der Waals surface area contributed by atoms with Gasteiger partial charge in [-0.3, -0.25) is 0 Å². The summed E-state index contributed by atoms with van der Waals surface area (Å²) in [4.78, 5) is 6.58. The van der Waals surface area contributed by atoms with Crippen LogP contribution >= 0.6 is 15.9 Å². The van der Waals surface area contributed by atoms with E-state index in [1.54, 1.807) is 0 Å². The van der Waals surface area contributed by atoms with Gasteiger partial charge in [0.1, 0.15) is 4.60 Å². The second-order valence-corrected chi connectivity index (χ2v) is 12.6. The van der Waals surface area contributed by atoms with Gasteiger partial charge in [0.2, 0.25) is 0 Å². The number of halogens is 1. The molecule has 0 N–H and O–H groups in total. The van der Waals surface area contributed by atoms with Crippen LogP contribution in [0.3, 0.4) is 0 Å². The summed E-state index contributed by atoms with van der Waals surface area (Å²) in [5.41, 5.74) is 1.23. The highest BCUT2D eigenvalue weighted by Crippen LogP contribution is 2.38. The number of nitrogens with zero attached hydrogens (tertiary/aromatic N) is 2. The molecule has 1 unspecified atom stereocenters. The normalized spacial score (nSPS) is 20.5. The molecule has 2 rings (SSSR count). The minimum absolute atomic E-state index is 0.278. The van der Waals surface area contributed by atoms with Crippen molar-refractivity contribution in [1.29, 1.82) is 0 Å². The molecule has 1 saturated heterocycles. The molecule has 0 aliphatic carbocycles. The number of aromatic nitrogens is 1. The Labute approximate surface area is 132 Å². The minimum atomic E-state index is -1.66. The summed E-state index contributed by atoms with van der Waals surface area (Å²) < 4.78 is 7.41. The lowest BCUT2D eigenvalue weighted by Gasteiger charge is -2.38. The molecule has 0 radical (unpaired) electrons. The van der Waals surface area contributed by atoms with Gasteiger partial charge in [-0.25, -0.2) is 4.98 Å². The number of hydrogen-bond donors (Lipinski definition) is 0. The number of anilines is 1. The Morgan fingerprint density at radius 1 is 1.40 bits per heavy atom. The van der Waals surface area contributed by atoms with Gasteiger partial charge in [-0.05, 0) is 52.6 Å². The monoisotopic (exact) mass is 356 g/mol.